The molecule has 0 aromatic heterocycles. The Hall–Kier alpha value is -2.06. The van der Waals surface area contributed by atoms with Gasteiger partial charge in [-0.3, -0.25) is 9.69 Å². The zero-order valence-electron chi connectivity index (χ0n) is 16.7. The second-order valence-electron chi connectivity index (χ2n) is 7.56. The van der Waals surface area contributed by atoms with Gasteiger partial charge >= 0.3 is 0 Å². The third-order valence-corrected chi connectivity index (χ3v) is 5.90. The van der Waals surface area contributed by atoms with Gasteiger partial charge in [0.05, 0.1) is 18.8 Å². The molecule has 0 unspecified atom stereocenters. The van der Waals surface area contributed by atoms with E-state index in [4.69, 9.17) is 9.47 Å². The number of hydrogen-bond donors (Lipinski definition) is 1. The summed E-state index contributed by atoms with van der Waals surface area (Å²) >= 11 is 3.50. The quantitative estimate of drug-likeness (QED) is 0.683. The minimum atomic E-state index is -0.524. The Balaban J connectivity index is 1.59. The Kier molecular flexibility index (Phi) is 6.63. The van der Waals surface area contributed by atoms with Crippen molar-refractivity contribution in [2.75, 3.05) is 26.2 Å². The number of nitrogens with one attached hydrogen (secondary N) is 1. The summed E-state index contributed by atoms with van der Waals surface area (Å²) in [5, 5.41) is 2.82. The summed E-state index contributed by atoms with van der Waals surface area (Å²) in [6, 6.07) is 14.2. The summed E-state index contributed by atoms with van der Waals surface area (Å²) in [6.45, 7) is 4.37. The fraction of sp³-hybridized carbons (Fsp3) is 0.348. The van der Waals surface area contributed by atoms with Gasteiger partial charge in [0.25, 0.3) is 0 Å². The van der Waals surface area contributed by atoms with Crippen LogP contribution < -0.4 is 5.32 Å². The van der Waals surface area contributed by atoms with E-state index in [9.17, 15) is 9.18 Å². The lowest BCUT2D eigenvalue weighted by atomic mass is 10.0. The maximum absolute atomic E-state index is 13.6. The summed E-state index contributed by atoms with van der Waals surface area (Å²) in [5.41, 5.74) is 2.98. The predicted octanol–water partition coefficient (Wildman–Crippen LogP) is 4.12. The Morgan fingerprint density at radius 3 is 2.80 bits per heavy atom. The van der Waals surface area contributed by atoms with E-state index in [1.54, 1.807) is 18.2 Å². The molecule has 1 amide bonds. The molecule has 0 aliphatic carbocycles. The number of morpholine rings is 1. The van der Waals surface area contributed by atoms with Crippen LogP contribution in [0.25, 0.3) is 0 Å². The van der Waals surface area contributed by atoms with Crippen LogP contribution in [-0.2, 0) is 14.3 Å². The van der Waals surface area contributed by atoms with Gasteiger partial charge in [0.1, 0.15) is 5.82 Å². The molecular formula is C23H24BrFN2O3. The molecule has 2 aromatic rings. The molecule has 158 valence electrons. The third kappa shape index (κ3) is 4.98. The number of ether oxygens (including phenoxy) is 2. The van der Waals surface area contributed by atoms with Crippen molar-refractivity contribution >= 4 is 21.8 Å². The van der Waals surface area contributed by atoms with Crippen molar-refractivity contribution in [3.63, 3.8) is 0 Å². The maximum Gasteiger partial charge on any atom is 0.244 e. The first kappa shape index (κ1) is 21.2. The zero-order valence-corrected chi connectivity index (χ0v) is 18.3. The Morgan fingerprint density at radius 2 is 2.10 bits per heavy atom. The summed E-state index contributed by atoms with van der Waals surface area (Å²) in [6.07, 6.45) is 0.935. The smallest absolute Gasteiger partial charge is 0.244 e. The van der Waals surface area contributed by atoms with Crippen LogP contribution in [0.1, 0.15) is 30.2 Å². The van der Waals surface area contributed by atoms with Crippen LogP contribution in [0.3, 0.4) is 0 Å². The highest BCUT2D eigenvalue weighted by Crippen LogP contribution is 2.34. The van der Waals surface area contributed by atoms with Gasteiger partial charge in [0.2, 0.25) is 5.91 Å². The normalized spacial score (nSPS) is 23.2. The molecule has 1 fully saturated rings. The summed E-state index contributed by atoms with van der Waals surface area (Å²) in [5.74, 6) is -0.344. The van der Waals surface area contributed by atoms with Crippen molar-refractivity contribution < 1.29 is 18.7 Å². The molecule has 0 spiro atoms. The van der Waals surface area contributed by atoms with Crippen molar-refractivity contribution in [3.05, 3.63) is 81.6 Å². The van der Waals surface area contributed by atoms with Gasteiger partial charge in [-0.05, 0) is 47.9 Å². The van der Waals surface area contributed by atoms with Crippen molar-refractivity contribution in [1.82, 2.24) is 10.2 Å². The highest BCUT2D eigenvalue weighted by Gasteiger charge is 2.36. The number of hydrogen-bond acceptors (Lipinski definition) is 4. The molecule has 1 saturated heterocycles. The number of benzene rings is 2. The maximum atomic E-state index is 13.6. The van der Waals surface area contributed by atoms with Crippen LogP contribution in [0.4, 0.5) is 4.39 Å². The average Bonchev–Trinajstić information content (AvgIpc) is 3.14. The van der Waals surface area contributed by atoms with Gasteiger partial charge in [0.15, 0.2) is 6.29 Å². The number of carbonyl (C=O) groups excluding carboxylic acids is 1. The van der Waals surface area contributed by atoms with E-state index in [1.807, 2.05) is 31.2 Å². The lowest BCUT2D eigenvalue weighted by molar-refractivity contribution is -0.228. The molecule has 2 aliphatic heterocycles. The number of nitrogens with zero attached hydrogens (tertiary/aromatic N) is 1. The van der Waals surface area contributed by atoms with Gasteiger partial charge in [-0.25, -0.2) is 4.39 Å². The molecule has 2 aromatic carbocycles. The van der Waals surface area contributed by atoms with Crippen molar-refractivity contribution in [3.8, 4) is 0 Å². The molecule has 4 rings (SSSR count). The molecule has 3 atom stereocenters. The molecule has 1 N–H and O–H groups in total. The number of halogens is 2. The minimum Gasteiger partial charge on any atom is -0.349 e. The van der Waals surface area contributed by atoms with Gasteiger partial charge < -0.3 is 14.8 Å². The van der Waals surface area contributed by atoms with Crippen LogP contribution in [0.5, 0.6) is 0 Å². The lowest BCUT2D eigenvalue weighted by Gasteiger charge is -2.42. The molecule has 0 saturated carbocycles. The fourth-order valence-corrected chi connectivity index (χ4v) is 4.31. The van der Waals surface area contributed by atoms with Gasteiger partial charge in [-0.2, -0.15) is 0 Å². The van der Waals surface area contributed by atoms with Gasteiger partial charge in [-0.1, -0.05) is 40.2 Å². The second kappa shape index (κ2) is 9.39. The summed E-state index contributed by atoms with van der Waals surface area (Å²) < 4.78 is 26.9. The van der Waals surface area contributed by atoms with Gasteiger partial charge in [-0.15, -0.1) is 0 Å². The average molecular weight is 475 g/mol. The monoisotopic (exact) mass is 474 g/mol. The molecule has 30 heavy (non-hydrogen) atoms. The Labute approximate surface area is 184 Å². The highest BCUT2D eigenvalue weighted by atomic mass is 79.9. The summed E-state index contributed by atoms with van der Waals surface area (Å²) in [4.78, 5) is 13.8. The number of rotatable bonds is 6. The van der Waals surface area contributed by atoms with E-state index in [0.29, 0.717) is 26.2 Å². The minimum absolute atomic E-state index is 0.0623. The van der Waals surface area contributed by atoms with Crippen LogP contribution >= 0.6 is 15.9 Å². The Morgan fingerprint density at radius 1 is 1.30 bits per heavy atom. The highest BCUT2D eigenvalue weighted by molar-refractivity contribution is 9.10. The SMILES string of the molecule is C[C@@H](O[C@H]1OCCN(CC2=CC(=O)NC2)[C@H]1c1ccc(F)cc1)c1cccc(Br)c1. The van der Waals surface area contributed by atoms with Crippen molar-refractivity contribution in [2.45, 2.75) is 25.4 Å². The number of amides is 1. The van der Waals surface area contributed by atoms with E-state index >= 15 is 0 Å². The van der Waals surface area contributed by atoms with E-state index < -0.39 is 6.29 Å². The van der Waals surface area contributed by atoms with Crippen molar-refractivity contribution in [1.29, 1.82) is 0 Å². The van der Waals surface area contributed by atoms with Crippen LogP contribution in [0, 0.1) is 5.82 Å². The lowest BCUT2D eigenvalue weighted by Crippen LogP contribution is -2.47. The van der Waals surface area contributed by atoms with Crippen molar-refractivity contribution in [2.24, 2.45) is 0 Å². The number of carbonyl (C=O) groups is 1. The van der Waals surface area contributed by atoms with E-state index in [2.05, 4.69) is 26.1 Å². The molecule has 0 radical (unpaired) electrons. The molecule has 0 bridgehead atoms. The van der Waals surface area contributed by atoms with Crippen LogP contribution in [0.2, 0.25) is 0 Å². The standard InChI is InChI=1S/C23H24BrFN2O3/c1-15(18-3-2-4-19(24)12-18)30-23-22(17-5-7-20(25)8-6-17)27(9-10-29-23)14-16-11-21(28)26-13-16/h2-8,11-12,15,22-23H,9-10,13-14H2,1H3,(H,26,28)/t15-,22+,23-/m1/s1. The van der Waals surface area contributed by atoms with Crippen LogP contribution in [0.15, 0.2) is 64.7 Å². The van der Waals surface area contributed by atoms with E-state index in [1.165, 1.54) is 12.1 Å². The second-order valence-corrected chi connectivity index (χ2v) is 8.48. The largest absolute Gasteiger partial charge is 0.349 e. The third-order valence-electron chi connectivity index (χ3n) is 5.41. The first-order valence-corrected chi connectivity index (χ1v) is 10.8. The zero-order chi connectivity index (χ0) is 21.1. The molecule has 5 nitrogen and oxygen atoms in total. The fourth-order valence-electron chi connectivity index (χ4n) is 3.90. The topological polar surface area (TPSA) is 50.8 Å². The Bertz CT molecular complexity index is 934. The molecule has 2 heterocycles. The molecule has 7 heteroatoms. The van der Waals surface area contributed by atoms with Crippen LogP contribution in [-0.4, -0.2) is 43.3 Å². The summed E-state index contributed by atoms with van der Waals surface area (Å²) in [7, 11) is 0. The van der Waals surface area contributed by atoms with Gasteiger partial charge in [0, 0.05) is 30.2 Å². The molecular weight excluding hydrogens is 451 g/mol. The predicted molar refractivity (Wildman–Crippen MR) is 115 cm³/mol. The van der Waals surface area contributed by atoms with E-state index in [-0.39, 0.29) is 23.9 Å². The molecule has 2 aliphatic rings. The first-order chi connectivity index (χ1) is 14.5. The van der Waals surface area contributed by atoms with E-state index in [0.717, 1.165) is 21.2 Å². The first-order valence-electron chi connectivity index (χ1n) is 9.99.